The SMILES string of the molecule is NC(Cc1ccc(S(=O)(=O)C(F)F)cc1)c1ccccc1. The highest BCUT2D eigenvalue weighted by Gasteiger charge is 2.26. The number of nitrogens with two attached hydrogens (primary N) is 1. The van der Waals surface area contributed by atoms with Gasteiger partial charge in [0, 0.05) is 6.04 Å². The summed E-state index contributed by atoms with van der Waals surface area (Å²) >= 11 is 0. The lowest BCUT2D eigenvalue weighted by molar-refractivity contribution is 0.234. The standard InChI is InChI=1S/C15H15F2NO2S/c16-15(17)21(19,20)13-8-6-11(7-9-13)10-14(18)12-4-2-1-3-5-12/h1-9,14-15H,10,18H2. The van der Waals surface area contributed by atoms with Crippen molar-refractivity contribution in [2.75, 3.05) is 0 Å². The molecule has 2 aromatic carbocycles. The van der Waals surface area contributed by atoms with Gasteiger partial charge in [0.15, 0.2) is 0 Å². The van der Waals surface area contributed by atoms with Gasteiger partial charge in [-0.3, -0.25) is 0 Å². The van der Waals surface area contributed by atoms with Gasteiger partial charge in [-0.1, -0.05) is 42.5 Å². The third-order valence-corrected chi connectivity index (χ3v) is 4.57. The molecular formula is C15H15F2NO2S. The molecule has 0 fully saturated rings. The molecule has 0 amide bonds. The number of rotatable bonds is 5. The van der Waals surface area contributed by atoms with E-state index in [2.05, 4.69) is 0 Å². The Morgan fingerprint density at radius 2 is 1.52 bits per heavy atom. The number of alkyl halides is 2. The summed E-state index contributed by atoms with van der Waals surface area (Å²) in [5.74, 6) is -3.41. The first-order valence-electron chi connectivity index (χ1n) is 6.33. The zero-order valence-corrected chi connectivity index (χ0v) is 11.9. The summed E-state index contributed by atoms with van der Waals surface area (Å²) in [6, 6.07) is 14.6. The van der Waals surface area contributed by atoms with Crippen LogP contribution in [0.2, 0.25) is 0 Å². The molecule has 6 heteroatoms. The van der Waals surface area contributed by atoms with Gasteiger partial charge in [0.25, 0.3) is 0 Å². The van der Waals surface area contributed by atoms with E-state index in [0.29, 0.717) is 6.42 Å². The van der Waals surface area contributed by atoms with Crippen LogP contribution in [-0.2, 0) is 16.3 Å². The maximum Gasteiger partial charge on any atom is 0.341 e. The van der Waals surface area contributed by atoms with Crippen LogP contribution < -0.4 is 5.73 Å². The van der Waals surface area contributed by atoms with Crippen LogP contribution in [0.15, 0.2) is 59.5 Å². The Hall–Kier alpha value is -1.79. The van der Waals surface area contributed by atoms with E-state index < -0.39 is 15.6 Å². The number of halogens is 2. The molecule has 0 aliphatic rings. The second-order valence-corrected chi connectivity index (χ2v) is 6.59. The van der Waals surface area contributed by atoms with Crippen LogP contribution >= 0.6 is 0 Å². The molecule has 0 spiro atoms. The van der Waals surface area contributed by atoms with Gasteiger partial charge in [-0.2, -0.15) is 8.78 Å². The van der Waals surface area contributed by atoms with Gasteiger partial charge in [-0.05, 0) is 29.7 Å². The molecule has 1 atom stereocenters. The van der Waals surface area contributed by atoms with Crippen molar-refractivity contribution in [3.8, 4) is 0 Å². The van der Waals surface area contributed by atoms with Crippen molar-refractivity contribution in [3.63, 3.8) is 0 Å². The lowest BCUT2D eigenvalue weighted by Crippen LogP contribution is -2.14. The minimum Gasteiger partial charge on any atom is -0.324 e. The summed E-state index contributed by atoms with van der Waals surface area (Å²) < 4.78 is 47.5. The molecule has 112 valence electrons. The van der Waals surface area contributed by atoms with Gasteiger partial charge in [-0.25, -0.2) is 8.42 Å². The fourth-order valence-electron chi connectivity index (χ4n) is 1.99. The summed E-state index contributed by atoms with van der Waals surface area (Å²) in [4.78, 5) is -0.380. The van der Waals surface area contributed by atoms with E-state index in [-0.39, 0.29) is 10.9 Å². The molecule has 2 rings (SSSR count). The first-order valence-corrected chi connectivity index (χ1v) is 7.87. The van der Waals surface area contributed by atoms with Gasteiger partial charge < -0.3 is 5.73 Å². The normalized spacial score (nSPS) is 13.3. The van der Waals surface area contributed by atoms with Gasteiger partial charge in [0.1, 0.15) is 0 Å². The van der Waals surface area contributed by atoms with E-state index in [0.717, 1.165) is 11.1 Å². The van der Waals surface area contributed by atoms with Crippen molar-refractivity contribution in [1.82, 2.24) is 0 Å². The monoisotopic (exact) mass is 311 g/mol. The summed E-state index contributed by atoms with van der Waals surface area (Å²) in [6.07, 6.45) is 0.499. The summed E-state index contributed by atoms with van der Waals surface area (Å²) in [7, 11) is -4.54. The molecule has 0 saturated heterocycles. The predicted octanol–water partition coefficient (Wildman–Crippen LogP) is 2.93. The summed E-state index contributed by atoms with van der Waals surface area (Å²) in [5.41, 5.74) is 7.81. The van der Waals surface area contributed by atoms with E-state index in [1.807, 2.05) is 30.3 Å². The van der Waals surface area contributed by atoms with Gasteiger partial charge in [0.2, 0.25) is 9.84 Å². The molecule has 0 saturated carbocycles. The fraction of sp³-hybridized carbons (Fsp3) is 0.200. The molecule has 0 bridgehead atoms. The Morgan fingerprint density at radius 3 is 2.05 bits per heavy atom. The van der Waals surface area contributed by atoms with Crippen LogP contribution in [0.1, 0.15) is 17.2 Å². The maximum absolute atomic E-state index is 12.4. The van der Waals surface area contributed by atoms with Crippen LogP contribution in [0, 0.1) is 0 Å². The predicted molar refractivity (Wildman–Crippen MR) is 76.7 cm³/mol. The smallest absolute Gasteiger partial charge is 0.324 e. The summed E-state index contributed by atoms with van der Waals surface area (Å²) in [5, 5.41) is 0. The largest absolute Gasteiger partial charge is 0.341 e. The average Bonchev–Trinajstić information content (AvgIpc) is 2.48. The van der Waals surface area contributed by atoms with E-state index in [1.165, 1.54) is 24.3 Å². The highest BCUT2D eigenvalue weighted by atomic mass is 32.2. The van der Waals surface area contributed by atoms with Crippen LogP contribution in [0.25, 0.3) is 0 Å². The van der Waals surface area contributed by atoms with E-state index in [1.54, 1.807) is 0 Å². The Bertz CT molecular complexity index is 685. The molecule has 21 heavy (non-hydrogen) atoms. The second-order valence-electron chi connectivity index (χ2n) is 4.67. The third kappa shape index (κ3) is 3.65. The van der Waals surface area contributed by atoms with Crippen LogP contribution in [0.4, 0.5) is 8.78 Å². The lowest BCUT2D eigenvalue weighted by atomic mass is 10.00. The summed E-state index contributed by atoms with van der Waals surface area (Å²) in [6.45, 7) is 0. The highest BCUT2D eigenvalue weighted by Crippen LogP contribution is 2.21. The van der Waals surface area contributed by atoms with Crippen molar-refractivity contribution < 1.29 is 17.2 Å². The molecule has 2 N–H and O–H groups in total. The number of hydrogen-bond acceptors (Lipinski definition) is 3. The van der Waals surface area contributed by atoms with E-state index in [9.17, 15) is 17.2 Å². The topological polar surface area (TPSA) is 60.2 Å². The van der Waals surface area contributed by atoms with Crippen LogP contribution in [0.5, 0.6) is 0 Å². The molecular weight excluding hydrogens is 296 g/mol. The molecule has 0 aromatic heterocycles. The Labute approximate surface area is 122 Å². The van der Waals surface area contributed by atoms with Crippen molar-refractivity contribution in [1.29, 1.82) is 0 Å². The maximum atomic E-state index is 12.4. The number of benzene rings is 2. The van der Waals surface area contributed by atoms with Crippen molar-refractivity contribution in [3.05, 3.63) is 65.7 Å². The molecule has 0 aliphatic heterocycles. The van der Waals surface area contributed by atoms with Crippen molar-refractivity contribution >= 4 is 9.84 Å². The third-order valence-electron chi connectivity index (χ3n) is 3.17. The van der Waals surface area contributed by atoms with Crippen LogP contribution in [-0.4, -0.2) is 14.2 Å². The molecule has 0 aliphatic carbocycles. The average molecular weight is 311 g/mol. The zero-order valence-electron chi connectivity index (χ0n) is 11.1. The Morgan fingerprint density at radius 1 is 0.952 bits per heavy atom. The number of hydrogen-bond donors (Lipinski definition) is 1. The molecule has 0 heterocycles. The minimum absolute atomic E-state index is 0.233. The number of sulfone groups is 1. The lowest BCUT2D eigenvalue weighted by Gasteiger charge is -2.12. The molecule has 2 aromatic rings. The first kappa shape index (κ1) is 15.6. The molecule has 3 nitrogen and oxygen atoms in total. The second kappa shape index (κ2) is 6.32. The van der Waals surface area contributed by atoms with Gasteiger partial charge in [0.05, 0.1) is 4.90 Å². The highest BCUT2D eigenvalue weighted by molar-refractivity contribution is 7.91. The minimum atomic E-state index is -4.54. The fourth-order valence-corrected chi connectivity index (χ4v) is 2.71. The van der Waals surface area contributed by atoms with E-state index >= 15 is 0 Å². The van der Waals surface area contributed by atoms with Crippen LogP contribution in [0.3, 0.4) is 0 Å². The Kier molecular flexibility index (Phi) is 4.69. The zero-order chi connectivity index (χ0) is 15.5. The van der Waals surface area contributed by atoms with Crippen molar-refractivity contribution in [2.45, 2.75) is 23.1 Å². The Balaban J connectivity index is 2.14. The molecule has 0 radical (unpaired) electrons. The quantitative estimate of drug-likeness (QED) is 0.923. The van der Waals surface area contributed by atoms with Gasteiger partial charge >= 0.3 is 5.76 Å². The molecule has 1 unspecified atom stereocenters. The van der Waals surface area contributed by atoms with E-state index in [4.69, 9.17) is 5.73 Å². The first-order chi connectivity index (χ1) is 9.91. The van der Waals surface area contributed by atoms with Crippen molar-refractivity contribution in [2.24, 2.45) is 5.73 Å². The van der Waals surface area contributed by atoms with Gasteiger partial charge in [-0.15, -0.1) is 0 Å².